The number of phenolic OH excluding ortho intramolecular Hbond substituents is 1. The standard InChI is InChI=1S/C16H17NO4/c1-20-11-13-9-14(18)7-8-15(13)17-16(19)21-10-12-5-3-2-4-6-12/h2-9,18H,10-11H2,1H3,(H,17,19). The lowest BCUT2D eigenvalue weighted by Crippen LogP contribution is -2.14. The van der Waals surface area contributed by atoms with Crippen molar-refractivity contribution in [3.8, 4) is 5.75 Å². The normalized spacial score (nSPS) is 10.1. The lowest BCUT2D eigenvalue weighted by molar-refractivity contribution is 0.155. The third-order valence-corrected chi connectivity index (χ3v) is 2.84. The molecule has 0 heterocycles. The molecule has 0 saturated carbocycles. The molecule has 110 valence electrons. The van der Waals surface area contributed by atoms with Crippen molar-refractivity contribution in [2.45, 2.75) is 13.2 Å². The van der Waals surface area contributed by atoms with Gasteiger partial charge < -0.3 is 14.6 Å². The molecule has 2 rings (SSSR count). The van der Waals surface area contributed by atoms with Gasteiger partial charge in [0.05, 0.1) is 6.61 Å². The van der Waals surface area contributed by atoms with E-state index in [-0.39, 0.29) is 19.0 Å². The Morgan fingerprint density at radius 1 is 1.14 bits per heavy atom. The van der Waals surface area contributed by atoms with Crippen molar-refractivity contribution < 1.29 is 19.4 Å². The summed E-state index contributed by atoms with van der Waals surface area (Å²) in [5.41, 5.74) is 2.14. The molecular formula is C16H17NO4. The molecule has 0 spiro atoms. The second-order valence-corrected chi connectivity index (χ2v) is 4.46. The van der Waals surface area contributed by atoms with E-state index in [0.717, 1.165) is 5.56 Å². The summed E-state index contributed by atoms with van der Waals surface area (Å²) in [6.07, 6.45) is -0.554. The van der Waals surface area contributed by atoms with Crippen LogP contribution in [0.25, 0.3) is 0 Å². The first-order chi connectivity index (χ1) is 10.2. The second kappa shape index (κ2) is 7.31. The highest BCUT2D eigenvalue weighted by Crippen LogP contribution is 2.22. The number of methoxy groups -OCH3 is 1. The smallest absolute Gasteiger partial charge is 0.411 e. The highest BCUT2D eigenvalue weighted by atomic mass is 16.5. The molecule has 1 amide bonds. The van der Waals surface area contributed by atoms with Gasteiger partial charge in [-0.15, -0.1) is 0 Å². The van der Waals surface area contributed by atoms with Crippen LogP contribution < -0.4 is 5.32 Å². The van der Waals surface area contributed by atoms with Crippen molar-refractivity contribution in [3.05, 3.63) is 59.7 Å². The molecule has 0 aliphatic heterocycles. The third kappa shape index (κ3) is 4.50. The molecular weight excluding hydrogens is 270 g/mol. The highest BCUT2D eigenvalue weighted by Gasteiger charge is 2.09. The molecule has 0 fully saturated rings. The van der Waals surface area contributed by atoms with E-state index in [1.165, 1.54) is 12.1 Å². The number of carbonyl (C=O) groups excluding carboxylic acids is 1. The Kier molecular flexibility index (Phi) is 5.17. The van der Waals surface area contributed by atoms with Crippen LogP contribution in [0.4, 0.5) is 10.5 Å². The van der Waals surface area contributed by atoms with Crippen LogP contribution in [0.2, 0.25) is 0 Å². The molecule has 2 N–H and O–H groups in total. The molecule has 0 aliphatic carbocycles. The average molecular weight is 287 g/mol. The zero-order chi connectivity index (χ0) is 15.1. The maximum Gasteiger partial charge on any atom is 0.411 e. The molecule has 0 aliphatic rings. The number of nitrogens with one attached hydrogen (secondary N) is 1. The van der Waals surface area contributed by atoms with Gasteiger partial charge in [-0.2, -0.15) is 0 Å². The van der Waals surface area contributed by atoms with E-state index in [0.29, 0.717) is 11.3 Å². The number of aromatic hydroxyl groups is 1. The van der Waals surface area contributed by atoms with Crippen LogP contribution in [0.5, 0.6) is 5.75 Å². The molecule has 21 heavy (non-hydrogen) atoms. The van der Waals surface area contributed by atoms with E-state index in [1.54, 1.807) is 13.2 Å². The number of hydrogen-bond acceptors (Lipinski definition) is 4. The fraction of sp³-hybridized carbons (Fsp3) is 0.188. The summed E-state index contributed by atoms with van der Waals surface area (Å²) in [7, 11) is 1.54. The van der Waals surface area contributed by atoms with Crippen molar-refractivity contribution in [2.75, 3.05) is 12.4 Å². The molecule has 2 aromatic rings. The minimum Gasteiger partial charge on any atom is -0.508 e. The maximum absolute atomic E-state index is 11.8. The summed E-state index contributed by atoms with van der Waals surface area (Å²) in [4.78, 5) is 11.8. The first-order valence-electron chi connectivity index (χ1n) is 6.47. The summed E-state index contributed by atoms with van der Waals surface area (Å²) < 4.78 is 10.2. The first kappa shape index (κ1) is 14.9. The number of benzene rings is 2. The van der Waals surface area contributed by atoms with Gasteiger partial charge in [0.25, 0.3) is 0 Å². The Labute approximate surface area is 123 Å². The van der Waals surface area contributed by atoms with Gasteiger partial charge in [-0.3, -0.25) is 5.32 Å². The Hall–Kier alpha value is -2.53. The zero-order valence-electron chi connectivity index (χ0n) is 11.7. The number of phenols is 1. The summed E-state index contributed by atoms with van der Waals surface area (Å²) in [5.74, 6) is 0.116. The van der Waals surface area contributed by atoms with Crippen LogP contribution in [-0.4, -0.2) is 18.3 Å². The molecule has 0 aromatic heterocycles. The van der Waals surface area contributed by atoms with Crippen LogP contribution in [0, 0.1) is 0 Å². The van der Waals surface area contributed by atoms with E-state index >= 15 is 0 Å². The third-order valence-electron chi connectivity index (χ3n) is 2.84. The molecule has 0 bridgehead atoms. The van der Waals surface area contributed by atoms with Gasteiger partial charge in [0, 0.05) is 18.4 Å². The van der Waals surface area contributed by atoms with E-state index in [2.05, 4.69) is 5.32 Å². The van der Waals surface area contributed by atoms with Gasteiger partial charge >= 0.3 is 6.09 Å². The Bertz CT molecular complexity index is 598. The van der Waals surface area contributed by atoms with Crippen molar-refractivity contribution in [2.24, 2.45) is 0 Å². The predicted octanol–water partition coefficient (Wildman–Crippen LogP) is 3.29. The minimum atomic E-state index is -0.554. The fourth-order valence-corrected chi connectivity index (χ4v) is 1.85. The van der Waals surface area contributed by atoms with E-state index < -0.39 is 6.09 Å². The number of carbonyl (C=O) groups is 1. The number of ether oxygens (including phenoxy) is 2. The van der Waals surface area contributed by atoms with Crippen LogP contribution in [-0.2, 0) is 22.7 Å². The largest absolute Gasteiger partial charge is 0.508 e. The molecule has 0 saturated heterocycles. The predicted molar refractivity (Wildman–Crippen MR) is 79.1 cm³/mol. The monoisotopic (exact) mass is 287 g/mol. The van der Waals surface area contributed by atoms with E-state index in [4.69, 9.17) is 9.47 Å². The molecule has 5 nitrogen and oxygen atoms in total. The quantitative estimate of drug-likeness (QED) is 0.828. The zero-order valence-corrected chi connectivity index (χ0v) is 11.7. The molecule has 0 unspecified atom stereocenters. The molecule has 2 aromatic carbocycles. The van der Waals surface area contributed by atoms with Crippen molar-refractivity contribution in [1.29, 1.82) is 0 Å². The number of hydrogen-bond donors (Lipinski definition) is 2. The Morgan fingerprint density at radius 2 is 1.90 bits per heavy atom. The van der Waals surface area contributed by atoms with Gasteiger partial charge in [0.2, 0.25) is 0 Å². The summed E-state index contributed by atoms with van der Waals surface area (Å²) >= 11 is 0. The molecule has 0 atom stereocenters. The van der Waals surface area contributed by atoms with Gasteiger partial charge in [0.15, 0.2) is 0 Å². The summed E-state index contributed by atoms with van der Waals surface area (Å²) in [6.45, 7) is 0.479. The van der Waals surface area contributed by atoms with Gasteiger partial charge in [0.1, 0.15) is 12.4 Å². The minimum absolute atomic E-state index is 0.116. The average Bonchev–Trinajstić information content (AvgIpc) is 2.49. The Morgan fingerprint density at radius 3 is 2.62 bits per heavy atom. The van der Waals surface area contributed by atoms with E-state index in [1.807, 2.05) is 30.3 Å². The Balaban J connectivity index is 1.96. The molecule has 0 radical (unpaired) electrons. The van der Waals surface area contributed by atoms with Crippen LogP contribution in [0.15, 0.2) is 48.5 Å². The van der Waals surface area contributed by atoms with Gasteiger partial charge in [-0.1, -0.05) is 30.3 Å². The summed E-state index contributed by atoms with van der Waals surface area (Å²) in [6, 6.07) is 14.1. The topological polar surface area (TPSA) is 67.8 Å². The van der Waals surface area contributed by atoms with Crippen LogP contribution in [0.3, 0.4) is 0 Å². The fourth-order valence-electron chi connectivity index (χ4n) is 1.85. The van der Waals surface area contributed by atoms with Crippen molar-refractivity contribution >= 4 is 11.8 Å². The van der Waals surface area contributed by atoms with Gasteiger partial charge in [-0.25, -0.2) is 4.79 Å². The van der Waals surface area contributed by atoms with E-state index in [9.17, 15) is 9.90 Å². The lowest BCUT2D eigenvalue weighted by atomic mass is 10.2. The lowest BCUT2D eigenvalue weighted by Gasteiger charge is -2.11. The SMILES string of the molecule is COCc1cc(O)ccc1NC(=O)OCc1ccccc1. The second-order valence-electron chi connectivity index (χ2n) is 4.46. The number of rotatable bonds is 5. The summed E-state index contributed by atoms with van der Waals surface area (Å²) in [5, 5.41) is 12.1. The van der Waals surface area contributed by atoms with Crippen molar-refractivity contribution in [3.63, 3.8) is 0 Å². The maximum atomic E-state index is 11.8. The number of amides is 1. The molecule has 5 heteroatoms. The van der Waals surface area contributed by atoms with Crippen LogP contribution in [0.1, 0.15) is 11.1 Å². The highest BCUT2D eigenvalue weighted by molar-refractivity contribution is 5.85. The first-order valence-corrected chi connectivity index (χ1v) is 6.47. The number of anilines is 1. The van der Waals surface area contributed by atoms with Crippen LogP contribution >= 0.6 is 0 Å². The van der Waals surface area contributed by atoms with Crippen molar-refractivity contribution in [1.82, 2.24) is 0 Å². The van der Waals surface area contributed by atoms with Gasteiger partial charge in [-0.05, 0) is 23.8 Å².